The van der Waals surface area contributed by atoms with E-state index in [0.29, 0.717) is 10.6 Å². The molecule has 0 bridgehead atoms. The summed E-state index contributed by atoms with van der Waals surface area (Å²) in [5.41, 5.74) is 3.75. The third-order valence-electron chi connectivity index (χ3n) is 2.34. The SMILES string of the molecule is CC(=NNC(=O)c1cccc(Cl)c1)c1ccc(Br)s1. The van der Waals surface area contributed by atoms with Gasteiger partial charge < -0.3 is 0 Å². The summed E-state index contributed by atoms with van der Waals surface area (Å²) in [6.45, 7) is 1.84. The fourth-order valence-electron chi connectivity index (χ4n) is 1.39. The van der Waals surface area contributed by atoms with Crippen molar-refractivity contribution in [1.82, 2.24) is 5.43 Å². The first-order valence-electron chi connectivity index (χ1n) is 5.42. The lowest BCUT2D eigenvalue weighted by Gasteiger charge is -2.01. The molecular weight excluding hydrogens is 348 g/mol. The van der Waals surface area contributed by atoms with Crippen LogP contribution in [0.15, 0.2) is 45.3 Å². The Morgan fingerprint density at radius 1 is 1.37 bits per heavy atom. The zero-order valence-electron chi connectivity index (χ0n) is 9.98. The van der Waals surface area contributed by atoms with Gasteiger partial charge in [0.25, 0.3) is 5.91 Å². The molecule has 19 heavy (non-hydrogen) atoms. The summed E-state index contributed by atoms with van der Waals surface area (Å²) < 4.78 is 1.03. The molecule has 1 aromatic carbocycles. The zero-order valence-corrected chi connectivity index (χ0v) is 13.1. The fourth-order valence-corrected chi connectivity index (χ4v) is 2.91. The van der Waals surface area contributed by atoms with Gasteiger partial charge in [-0.2, -0.15) is 5.10 Å². The van der Waals surface area contributed by atoms with E-state index < -0.39 is 0 Å². The van der Waals surface area contributed by atoms with Crippen molar-refractivity contribution < 1.29 is 4.79 Å². The molecular formula is C13H10BrClN2OS. The third-order valence-corrected chi connectivity index (χ3v) is 4.31. The molecule has 2 rings (SSSR count). The number of hydrazone groups is 1. The van der Waals surface area contributed by atoms with Crippen molar-refractivity contribution in [2.75, 3.05) is 0 Å². The van der Waals surface area contributed by atoms with Gasteiger partial charge in [-0.1, -0.05) is 17.7 Å². The molecule has 0 aliphatic rings. The Hall–Kier alpha value is -1.17. The van der Waals surface area contributed by atoms with E-state index in [1.54, 1.807) is 35.6 Å². The molecule has 0 fully saturated rings. The fraction of sp³-hybridized carbons (Fsp3) is 0.0769. The molecule has 0 saturated carbocycles. The normalized spacial score (nSPS) is 11.4. The van der Waals surface area contributed by atoms with E-state index in [1.165, 1.54) is 0 Å². The van der Waals surface area contributed by atoms with Crippen molar-refractivity contribution in [1.29, 1.82) is 0 Å². The number of carbonyl (C=O) groups excluding carboxylic acids is 1. The topological polar surface area (TPSA) is 41.5 Å². The molecule has 1 aromatic heterocycles. The molecule has 0 aliphatic carbocycles. The lowest BCUT2D eigenvalue weighted by Crippen LogP contribution is -2.19. The monoisotopic (exact) mass is 356 g/mol. The summed E-state index contributed by atoms with van der Waals surface area (Å²) in [6, 6.07) is 10.6. The summed E-state index contributed by atoms with van der Waals surface area (Å²) in [4.78, 5) is 12.9. The summed E-state index contributed by atoms with van der Waals surface area (Å²) in [7, 11) is 0. The number of thiophene rings is 1. The van der Waals surface area contributed by atoms with Gasteiger partial charge in [0.05, 0.1) is 14.4 Å². The lowest BCUT2D eigenvalue weighted by molar-refractivity contribution is 0.0955. The van der Waals surface area contributed by atoms with Crippen LogP contribution >= 0.6 is 38.9 Å². The Balaban J connectivity index is 2.07. The Bertz CT molecular complexity index is 639. The number of nitrogens with one attached hydrogen (secondary N) is 1. The predicted octanol–water partition coefficient (Wildman–Crippen LogP) is 4.32. The lowest BCUT2D eigenvalue weighted by atomic mass is 10.2. The molecule has 0 saturated heterocycles. The van der Waals surface area contributed by atoms with Crippen molar-refractivity contribution in [3.05, 3.63) is 55.6 Å². The number of halogens is 2. The molecule has 0 spiro atoms. The molecule has 1 amide bonds. The van der Waals surface area contributed by atoms with E-state index in [1.807, 2.05) is 19.1 Å². The van der Waals surface area contributed by atoms with Gasteiger partial charge in [-0.15, -0.1) is 11.3 Å². The van der Waals surface area contributed by atoms with Crippen LogP contribution < -0.4 is 5.43 Å². The first kappa shape index (κ1) is 14.2. The molecule has 6 heteroatoms. The average molecular weight is 358 g/mol. The van der Waals surface area contributed by atoms with E-state index >= 15 is 0 Å². The van der Waals surface area contributed by atoms with Gasteiger partial charge in [-0.05, 0) is 53.2 Å². The van der Waals surface area contributed by atoms with E-state index in [4.69, 9.17) is 11.6 Å². The number of benzene rings is 1. The first-order valence-corrected chi connectivity index (χ1v) is 7.41. The maximum absolute atomic E-state index is 11.9. The Labute approximate surface area is 128 Å². The van der Waals surface area contributed by atoms with Crippen LogP contribution in [-0.2, 0) is 0 Å². The zero-order chi connectivity index (χ0) is 13.8. The van der Waals surface area contributed by atoms with E-state index in [9.17, 15) is 4.79 Å². The van der Waals surface area contributed by atoms with Crippen LogP contribution in [-0.4, -0.2) is 11.6 Å². The van der Waals surface area contributed by atoms with Crippen LogP contribution in [0.3, 0.4) is 0 Å². The van der Waals surface area contributed by atoms with Crippen LogP contribution in [0.4, 0.5) is 0 Å². The molecule has 0 radical (unpaired) electrons. The van der Waals surface area contributed by atoms with Crippen LogP contribution in [0.2, 0.25) is 5.02 Å². The number of nitrogens with zero attached hydrogens (tertiary/aromatic N) is 1. The first-order chi connectivity index (χ1) is 9.06. The second-order valence-corrected chi connectivity index (χ2v) is 6.65. The largest absolute Gasteiger partial charge is 0.271 e. The van der Waals surface area contributed by atoms with E-state index in [-0.39, 0.29) is 5.91 Å². The minimum absolute atomic E-state index is 0.280. The van der Waals surface area contributed by atoms with E-state index in [2.05, 4.69) is 26.5 Å². The van der Waals surface area contributed by atoms with Gasteiger partial charge in [-0.3, -0.25) is 4.79 Å². The van der Waals surface area contributed by atoms with Gasteiger partial charge in [0, 0.05) is 10.6 Å². The summed E-state index contributed by atoms with van der Waals surface area (Å²) >= 11 is 10.8. The Kier molecular flexibility index (Phi) is 4.74. The number of carbonyl (C=O) groups is 1. The van der Waals surface area contributed by atoms with Crippen molar-refractivity contribution in [2.24, 2.45) is 5.10 Å². The number of hydrogen-bond donors (Lipinski definition) is 1. The minimum Gasteiger partial charge on any atom is -0.267 e. The molecule has 3 nitrogen and oxygen atoms in total. The number of rotatable bonds is 3. The van der Waals surface area contributed by atoms with Crippen LogP contribution in [0, 0.1) is 0 Å². The van der Waals surface area contributed by atoms with Crippen LogP contribution in [0.5, 0.6) is 0 Å². The second-order valence-electron chi connectivity index (χ2n) is 3.75. The van der Waals surface area contributed by atoms with Gasteiger partial charge >= 0.3 is 0 Å². The van der Waals surface area contributed by atoms with Gasteiger partial charge in [0.1, 0.15) is 0 Å². The molecule has 1 N–H and O–H groups in total. The van der Waals surface area contributed by atoms with Crippen molar-refractivity contribution in [2.45, 2.75) is 6.92 Å². The molecule has 1 heterocycles. The maximum Gasteiger partial charge on any atom is 0.271 e. The maximum atomic E-state index is 11.9. The highest BCUT2D eigenvalue weighted by atomic mass is 79.9. The predicted molar refractivity (Wildman–Crippen MR) is 83.1 cm³/mol. The molecule has 2 aromatic rings. The van der Waals surface area contributed by atoms with Crippen molar-refractivity contribution in [3.63, 3.8) is 0 Å². The molecule has 0 unspecified atom stereocenters. The van der Waals surface area contributed by atoms with Crippen LogP contribution in [0.25, 0.3) is 0 Å². The minimum atomic E-state index is -0.280. The van der Waals surface area contributed by atoms with Gasteiger partial charge in [0.15, 0.2) is 0 Å². The Morgan fingerprint density at radius 3 is 2.79 bits per heavy atom. The summed E-state index contributed by atoms with van der Waals surface area (Å²) in [5, 5.41) is 4.60. The van der Waals surface area contributed by atoms with E-state index in [0.717, 1.165) is 14.4 Å². The third kappa shape index (κ3) is 3.89. The summed E-state index contributed by atoms with van der Waals surface area (Å²) in [6.07, 6.45) is 0. The highest BCUT2D eigenvalue weighted by Gasteiger charge is 2.06. The molecule has 0 atom stereocenters. The quantitative estimate of drug-likeness (QED) is 0.645. The molecule has 0 aliphatic heterocycles. The summed E-state index contributed by atoms with van der Waals surface area (Å²) in [5.74, 6) is -0.280. The van der Waals surface area contributed by atoms with Gasteiger partial charge in [0.2, 0.25) is 0 Å². The van der Waals surface area contributed by atoms with Crippen LogP contribution in [0.1, 0.15) is 22.2 Å². The highest BCUT2D eigenvalue weighted by molar-refractivity contribution is 9.11. The Morgan fingerprint density at radius 2 is 2.16 bits per heavy atom. The van der Waals surface area contributed by atoms with Gasteiger partial charge in [-0.25, -0.2) is 5.43 Å². The standard InChI is InChI=1S/C13H10BrClN2OS/c1-8(11-5-6-12(14)19-11)16-17-13(18)9-3-2-4-10(15)7-9/h2-7H,1H3,(H,17,18). The average Bonchev–Trinajstić information content (AvgIpc) is 2.82. The number of amides is 1. The number of hydrogen-bond acceptors (Lipinski definition) is 3. The smallest absolute Gasteiger partial charge is 0.267 e. The highest BCUT2D eigenvalue weighted by Crippen LogP contribution is 2.22. The molecule has 98 valence electrons. The second kappa shape index (κ2) is 6.32. The van der Waals surface area contributed by atoms with Crippen molar-refractivity contribution >= 4 is 50.5 Å². The van der Waals surface area contributed by atoms with Crippen molar-refractivity contribution in [3.8, 4) is 0 Å².